The zero-order chi connectivity index (χ0) is 5.28. The van der Waals surface area contributed by atoms with E-state index in [0.717, 1.165) is 5.12 Å². The van der Waals surface area contributed by atoms with Gasteiger partial charge in [-0.3, -0.25) is 0 Å². The maximum absolute atomic E-state index is 5.08. The zero-order valence-corrected chi connectivity index (χ0v) is 3.59. The van der Waals surface area contributed by atoms with Crippen molar-refractivity contribution >= 4 is 0 Å². The van der Waals surface area contributed by atoms with Crippen LogP contribution < -0.4 is 17.2 Å². The Morgan fingerprint density at radius 2 is 2.57 bits per heavy atom. The van der Waals surface area contributed by atoms with Crippen LogP contribution in [0.4, 0.5) is 0 Å². The Bertz CT molecular complexity index is 99.9. The molecule has 5 heteroatoms. The SMILES string of the molecule is NC1=CN(N)NO1. The van der Waals surface area contributed by atoms with Gasteiger partial charge in [-0.2, -0.15) is 0 Å². The highest BCUT2D eigenvalue weighted by Crippen LogP contribution is 1.91. The van der Waals surface area contributed by atoms with Crippen molar-refractivity contribution in [2.45, 2.75) is 0 Å². The first kappa shape index (κ1) is 4.23. The minimum Gasteiger partial charge on any atom is -0.368 e. The van der Waals surface area contributed by atoms with Crippen LogP contribution in [-0.2, 0) is 4.84 Å². The molecule has 1 rings (SSSR count). The lowest BCUT2D eigenvalue weighted by Crippen LogP contribution is -2.33. The molecule has 40 valence electrons. The average molecular weight is 102 g/mol. The standard InChI is InChI=1S/C2H6N4O/c3-2-1-6(4)5-7-2/h1,5H,3-4H2. The summed E-state index contributed by atoms with van der Waals surface area (Å²) in [5.41, 5.74) is 7.34. The van der Waals surface area contributed by atoms with Gasteiger partial charge < -0.3 is 10.6 Å². The molecule has 0 aromatic rings. The predicted octanol–water partition coefficient (Wildman–Crippen LogP) is -1.63. The van der Waals surface area contributed by atoms with Gasteiger partial charge in [-0.15, -0.1) is 0 Å². The first-order valence-corrected chi connectivity index (χ1v) is 1.73. The molecule has 0 atom stereocenters. The lowest BCUT2D eigenvalue weighted by atomic mass is 10.9. The fourth-order valence-electron chi connectivity index (χ4n) is 0.295. The molecule has 0 aliphatic carbocycles. The van der Waals surface area contributed by atoms with Crippen LogP contribution in [0.3, 0.4) is 0 Å². The Kier molecular flexibility index (Phi) is 0.775. The molecule has 0 saturated heterocycles. The van der Waals surface area contributed by atoms with E-state index in [0.29, 0.717) is 0 Å². The van der Waals surface area contributed by atoms with Gasteiger partial charge >= 0.3 is 0 Å². The normalized spacial score (nSPS) is 19.0. The lowest BCUT2D eigenvalue weighted by Gasteiger charge is -2.01. The number of nitrogens with two attached hydrogens (primary N) is 2. The van der Waals surface area contributed by atoms with Crippen LogP contribution in [0.25, 0.3) is 0 Å². The largest absolute Gasteiger partial charge is 0.368 e. The maximum Gasteiger partial charge on any atom is 0.231 e. The van der Waals surface area contributed by atoms with Gasteiger partial charge in [0.1, 0.15) is 0 Å². The first-order chi connectivity index (χ1) is 3.29. The predicted molar refractivity (Wildman–Crippen MR) is 22.5 cm³/mol. The highest BCUT2D eigenvalue weighted by molar-refractivity contribution is 4.85. The zero-order valence-electron chi connectivity index (χ0n) is 3.59. The second-order valence-corrected chi connectivity index (χ2v) is 1.13. The Hall–Kier alpha value is -0.940. The Morgan fingerprint density at radius 3 is 2.71 bits per heavy atom. The van der Waals surface area contributed by atoms with Gasteiger partial charge in [-0.05, 0) is 5.59 Å². The van der Waals surface area contributed by atoms with Crippen LogP contribution in [0, 0.1) is 0 Å². The second kappa shape index (κ2) is 1.28. The molecule has 0 aromatic heterocycles. The Labute approximate surface area is 40.4 Å². The van der Waals surface area contributed by atoms with Crippen molar-refractivity contribution in [1.29, 1.82) is 0 Å². The number of nitrogens with one attached hydrogen (secondary N) is 1. The summed E-state index contributed by atoms with van der Waals surface area (Å²) in [5.74, 6) is 5.33. The van der Waals surface area contributed by atoms with E-state index in [9.17, 15) is 0 Å². The smallest absolute Gasteiger partial charge is 0.231 e. The number of rotatable bonds is 0. The number of nitrogens with zero attached hydrogens (tertiary/aromatic N) is 1. The van der Waals surface area contributed by atoms with E-state index >= 15 is 0 Å². The van der Waals surface area contributed by atoms with E-state index in [1.165, 1.54) is 6.20 Å². The molecule has 0 fully saturated rings. The van der Waals surface area contributed by atoms with Crippen LogP contribution in [0.1, 0.15) is 0 Å². The van der Waals surface area contributed by atoms with Gasteiger partial charge in [0.05, 0.1) is 6.20 Å². The lowest BCUT2D eigenvalue weighted by molar-refractivity contribution is 0.0207. The van der Waals surface area contributed by atoms with Crippen molar-refractivity contribution < 1.29 is 4.84 Å². The van der Waals surface area contributed by atoms with Gasteiger partial charge in [0.15, 0.2) is 0 Å². The van der Waals surface area contributed by atoms with E-state index in [4.69, 9.17) is 11.6 Å². The molecule has 5 N–H and O–H groups in total. The molecule has 1 aliphatic rings. The molecule has 1 aliphatic heterocycles. The van der Waals surface area contributed by atoms with Crippen molar-refractivity contribution in [2.75, 3.05) is 0 Å². The quantitative estimate of drug-likeness (QED) is 0.320. The van der Waals surface area contributed by atoms with Crippen molar-refractivity contribution in [2.24, 2.45) is 11.6 Å². The van der Waals surface area contributed by atoms with Crippen LogP contribution in [-0.4, -0.2) is 5.12 Å². The summed E-state index contributed by atoms with van der Waals surface area (Å²) >= 11 is 0. The summed E-state index contributed by atoms with van der Waals surface area (Å²) in [5, 5.41) is 1.12. The summed E-state index contributed by atoms with van der Waals surface area (Å²) in [7, 11) is 0. The number of hydrogen-bond donors (Lipinski definition) is 3. The fourth-order valence-corrected chi connectivity index (χ4v) is 0.295. The van der Waals surface area contributed by atoms with Crippen molar-refractivity contribution in [3.63, 3.8) is 0 Å². The van der Waals surface area contributed by atoms with Gasteiger partial charge in [0.25, 0.3) is 0 Å². The molecule has 5 nitrogen and oxygen atoms in total. The molecule has 0 saturated carbocycles. The Morgan fingerprint density at radius 1 is 1.86 bits per heavy atom. The van der Waals surface area contributed by atoms with E-state index in [1.807, 2.05) is 0 Å². The monoisotopic (exact) mass is 102 g/mol. The molecular weight excluding hydrogens is 96.0 g/mol. The van der Waals surface area contributed by atoms with Crippen molar-refractivity contribution in [3.8, 4) is 0 Å². The van der Waals surface area contributed by atoms with Gasteiger partial charge in [-0.25, -0.2) is 11.0 Å². The van der Waals surface area contributed by atoms with Crippen LogP contribution in [0.5, 0.6) is 0 Å². The van der Waals surface area contributed by atoms with E-state index in [1.54, 1.807) is 0 Å². The maximum atomic E-state index is 5.08. The van der Waals surface area contributed by atoms with E-state index in [2.05, 4.69) is 10.4 Å². The second-order valence-electron chi connectivity index (χ2n) is 1.13. The molecule has 0 spiro atoms. The highest BCUT2D eigenvalue weighted by atomic mass is 16.7. The molecule has 1 heterocycles. The third-order valence-electron chi connectivity index (χ3n) is 0.535. The number of hydrazine groups is 2. The molecular formula is C2H6N4O. The third kappa shape index (κ3) is 0.729. The molecule has 0 unspecified atom stereocenters. The average Bonchev–Trinajstić information content (AvgIpc) is 1.87. The summed E-state index contributed by atoms with van der Waals surface area (Å²) in [6.07, 6.45) is 1.42. The molecule has 0 bridgehead atoms. The molecule has 0 aromatic carbocycles. The van der Waals surface area contributed by atoms with E-state index in [-0.39, 0.29) is 5.88 Å². The van der Waals surface area contributed by atoms with Gasteiger partial charge in [0, 0.05) is 0 Å². The minimum atomic E-state index is 0.266. The first-order valence-electron chi connectivity index (χ1n) is 1.73. The molecule has 0 amide bonds. The van der Waals surface area contributed by atoms with Gasteiger partial charge in [-0.1, -0.05) is 0 Å². The molecule has 7 heavy (non-hydrogen) atoms. The minimum absolute atomic E-state index is 0.266. The fraction of sp³-hybridized carbons (Fsp3) is 0. The van der Waals surface area contributed by atoms with E-state index < -0.39 is 0 Å². The summed E-state index contributed by atoms with van der Waals surface area (Å²) in [4.78, 5) is 4.45. The van der Waals surface area contributed by atoms with Crippen molar-refractivity contribution in [3.05, 3.63) is 12.1 Å². The molecule has 0 radical (unpaired) electrons. The topological polar surface area (TPSA) is 76.5 Å². The summed E-state index contributed by atoms with van der Waals surface area (Å²) in [6.45, 7) is 0. The Balaban J connectivity index is 2.50. The van der Waals surface area contributed by atoms with Crippen LogP contribution >= 0.6 is 0 Å². The summed E-state index contributed by atoms with van der Waals surface area (Å²) in [6, 6.07) is 0. The third-order valence-corrected chi connectivity index (χ3v) is 0.535. The van der Waals surface area contributed by atoms with Crippen molar-refractivity contribution in [1.82, 2.24) is 10.7 Å². The van der Waals surface area contributed by atoms with Crippen LogP contribution in [0.15, 0.2) is 12.1 Å². The highest BCUT2D eigenvalue weighted by Gasteiger charge is 2.02. The van der Waals surface area contributed by atoms with Crippen LogP contribution in [0.2, 0.25) is 0 Å². The van der Waals surface area contributed by atoms with Gasteiger partial charge in [0.2, 0.25) is 5.88 Å². The number of hydrogen-bond acceptors (Lipinski definition) is 5. The summed E-state index contributed by atoms with van der Waals surface area (Å²) < 4.78 is 0.